The van der Waals surface area contributed by atoms with Crippen LogP contribution in [0.5, 0.6) is 0 Å². The third kappa shape index (κ3) is 3.20. The molecule has 0 amide bonds. The predicted octanol–water partition coefficient (Wildman–Crippen LogP) is 1.31. The lowest BCUT2D eigenvalue weighted by Crippen LogP contribution is -2.23. The van der Waals surface area contributed by atoms with E-state index in [1.807, 2.05) is 30.5 Å². The number of fused-ring (bicyclic) bond motifs is 1. The van der Waals surface area contributed by atoms with Gasteiger partial charge in [0.05, 0.1) is 36.6 Å². The number of nitrogens with zero attached hydrogens (tertiary/aromatic N) is 4. The first-order valence-corrected chi connectivity index (χ1v) is 9.46. The fourth-order valence-electron chi connectivity index (χ4n) is 2.73. The molecule has 0 saturated heterocycles. The zero-order valence-electron chi connectivity index (χ0n) is 13.8. The Balaban J connectivity index is 1.82. The summed E-state index contributed by atoms with van der Waals surface area (Å²) >= 11 is 0. The van der Waals surface area contributed by atoms with Crippen molar-refractivity contribution < 1.29 is 13.5 Å². The molecule has 0 radical (unpaired) electrons. The fourth-order valence-corrected chi connectivity index (χ4v) is 3.55. The molecule has 2 heterocycles. The molecule has 0 aliphatic carbocycles. The van der Waals surface area contributed by atoms with E-state index in [1.54, 1.807) is 12.5 Å². The SMILES string of the molecule is Cc1cc2ncn(C[C@@H](O)Cn3ccnc3S(C)(=O)=O)c2cc1C. The van der Waals surface area contributed by atoms with Crippen LogP contribution in [-0.4, -0.2) is 45.0 Å². The van der Waals surface area contributed by atoms with E-state index >= 15 is 0 Å². The molecule has 1 N–H and O–H groups in total. The third-order valence-electron chi connectivity index (χ3n) is 4.06. The van der Waals surface area contributed by atoms with Crippen molar-refractivity contribution >= 4 is 20.9 Å². The minimum absolute atomic E-state index is 0.0384. The van der Waals surface area contributed by atoms with Gasteiger partial charge in [-0.3, -0.25) is 0 Å². The van der Waals surface area contributed by atoms with Crippen molar-refractivity contribution in [3.8, 4) is 0 Å². The summed E-state index contributed by atoms with van der Waals surface area (Å²) in [4.78, 5) is 8.22. The van der Waals surface area contributed by atoms with Crippen LogP contribution >= 0.6 is 0 Å². The Hall–Kier alpha value is -2.19. The van der Waals surface area contributed by atoms with E-state index in [0.717, 1.165) is 22.9 Å². The second-order valence-corrected chi connectivity index (χ2v) is 8.02. The van der Waals surface area contributed by atoms with E-state index in [9.17, 15) is 13.5 Å². The molecule has 0 fully saturated rings. The summed E-state index contributed by atoms with van der Waals surface area (Å²) in [7, 11) is -3.42. The van der Waals surface area contributed by atoms with E-state index in [0.29, 0.717) is 6.54 Å². The Morgan fingerprint density at radius 3 is 2.50 bits per heavy atom. The number of aryl methyl sites for hydroxylation is 2. The van der Waals surface area contributed by atoms with E-state index in [4.69, 9.17) is 0 Å². The summed E-state index contributed by atoms with van der Waals surface area (Å²) in [5, 5.41) is 10.3. The number of aliphatic hydroxyl groups excluding tert-OH is 1. The van der Waals surface area contributed by atoms with Crippen molar-refractivity contribution in [2.24, 2.45) is 0 Å². The molecule has 3 aromatic rings. The van der Waals surface area contributed by atoms with Crippen LogP contribution in [0.1, 0.15) is 11.1 Å². The number of sulfone groups is 1. The molecule has 0 aliphatic heterocycles. The van der Waals surface area contributed by atoms with Gasteiger partial charge in [-0.25, -0.2) is 18.4 Å². The van der Waals surface area contributed by atoms with E-state index in [-0.39, 0.29) is 11.7 Å². The van der Waals surface area contributed by atoms with Gasteiger partial charge in [0.1, 0.15) is 0 Å². The first kappa shape index (κ1) is 16.7. The van der Waals surface area contributed by atoms with Crippen molar-refractivity contribution in [1.29, 1.82) is 0 Å². The predicted molar refractivity (Wildman–Crippen MR) is 90.6 cm³/mol. The highest BCUT2D eigenvalue weighted by Gasteiger charge is 2.17. The second-order valence-electron chi connectivity index (χ2n) is 6.11. The molecule has 3 rings (SSSR count). The Labute approximate surface area is 140 Å². The maximum absolute atomic E-state index is 11.7. The quantitative estimate of drug-likeness (QED) is 0.751. The van der Waals surface area contributed by atoms with Gasteiger partial charge in [0.15, 0.2) is 0 Å². The van der Waals surface area contributed by atoms with Crippen molar-refractivity contribution in [3.05, 3.63) is 42.0 Å². The Morgan fingerprint density at radius 1 is 1.12 bits per heavy atom. The molecule has 128 valence electrons. The average Bonchev–Trinajstić information content (AvgIpc) is 3.07. The van der Waals surface area contributed by atoms with Gasteiger partial charge in [-0.1, -0.05) is 0 Å². The standard InChI is InChI=1S/C16H20N4O3S/c1-11-6-14-15(7-12(11)2)20(10-18-14)9-13(21)8-19-5-4-17-16(19)24(3,22)23/h4-7,10,13,21H,8-9H2,1-3H3/t13-/m0/s1. The lowest BCUT2D eigenvalue weighted by atomic mass is 10.1. The molecule has 0 aliphatic rings. The molecule has 1 aromatic carbocycles. The Bertz CT molecular complexity index is 988. The van der Waals surface area contributed by atoms with Crippen LogP contribution in [-0.2, 0) is 22.9 Å². The van der Waals surface area contributed by atoms with Crippen LogP contribution in [0.25, 0.3) is 11.0 Å². The number of hydrogen-bond donors (Lipinski definition) is 1. The van der Waals surface area contributed by atoms with Crippen molar-refractivity contribution in [3.63, 3.8) is 0 Å². The lowest BCUT2D eigenvalue weighted by Gasteiger charge is -2.14. The first-order valence-electron chi connectivity index (χ1n) is 7.57. The van der Waals surface area contributed by atoms with E-state index in [2.05, 4.69) is 9.97 Å². The Kier molecular flexibility index (Phi) is 4.18. The smallest absolute Gasteiger partial charge is 0.227 e. The molecular weight excluding hydrogens is 328 g/mol. The van der Waals surface area contributed by atoms with Gasteiger partial charge in [-0.05, 0) is 37.1 Å². The van der Waals surface area contributed by atoms with Crippen molar-refractivity contribution in [2.75, 3.05) is 6.26 Å². The van der Waals surface area contributed by atoms with Crippen LogP contribution < -0.4 is 0 Å². The summed E-state index contributed by atoms with van der Waals surface area (Å²) in [5.41, 5.74) is 4.16. The molecule has 8 heteroatoms. The zero-order chi connectivity index (χ0) is 17.5. The minimum Gasteiger partial charge on any atom is -0.389 e. The molecule has 0 spiro atoms. The summed E-state index contributed by atoms with van der Waals surface area (Å²) in [6, 6.07) is 4.06. The molecule has 0 bridgehead atoms. The van der Waals surface area contributed by atoms with Crippen molar-refractivity contribution in [2.45, 2.75) is 38.2 Å². The number of aliphatic hydroxyl groups is 1. The molecule has 0 saturated carbocycles. The molecule has 0 unspecified atom stereocenters. The summed E-state index contributed by atoms with van der Waals surface area (Å²) in [6.07, 6.45) is 5.00. The highest BCUT2D eigenvalue weighted by Crippen LogP contribution is 2.19. The van der Waals surface area contributed by atoms with Crippen LogP contribution in [0.2, 0.25) is 0 Å². The molecule has 1 atom stereocenters. The minimum atomic E-state index is -3.42. The van der Waals surface area contributed by atoms with Crippen LogP contribution in [0.4, 0.5) is 0 Å². The monoisotopic (exact) mass is 348 g/mol. The maximum Gasteiger partial charge on any atom is 0.227 e. The number of hydrogen-bond acceptors (Lipinski definition) is 5. The number of benzene rings is 1. The highest BCUT2D eigenvalue weighted by molar-refractivity contribution is 7.90. The van der Waals surface area contributed by atoms with Gasteiger partial charge in [-0.15, -0.1) is 0 Å². The second kappa shape index (κ2) is 6.03. The van der Waals surface area contributed by atoms with E-state index in [1.165, 1.54) is 16.3 Å². The van der Waals surface area contributed by atoms with Crippen molar-refractivity contribution in [1.82, 2.24) is 19.1 Å². The molecule has 24 heavy (non-hydrogen) atoms. The fraction of sp³-hybridized carbons (Fsp3) is 0.375. The third-order valence-corrected chi connectivity index (χ3v) is 5.06. The van der Waals surface area contributed by atoms with Gasteiger partial charge >= 0.3 is 0 Å². The van der Waals surface area contributed by atoms with Gasteiger partial charge in [-0.2, -0.15) is 0 Å². The van der Waals surface area contributed by atoms with Crippen LogP contribution in [0, 0.1) is 13.8 Å². The first-order chi connectivity index (χ1) is 11.3. The van der Waals surface area contributed by atoms with Crippen LogP contribution in [0.3, 0.4) is 0 Å². The molecular formula is C16H20N4O3S. The normalized spacial score (nSPS) is 13.5. The number of rotatable bonds is 5. The maximum atomic E-state index is 11.7. The van der Waals surface area contributed by atoms with E-state index < -0.39 is 15.9 Å². The van der Waals surface area contributed by atoms with Gasteiger partial charge in [0.2, 0.25) is 15.0 Å². The summed E-state index contributed by atoms with van der Waals surface area (Å²) < 4.78 is 26.7. The number of aromatic nitrogens is 4. The average molecular weight is 348 g/mol. The van der Waals surface area contributed by atoms with Gasteiger partial charge < -0.3 is 14.2 Å². The largest absolute Gasteiger partial charge is 0.389 e. The Morgan fingerprint density at radius 2 is 1.79 bits per heavy atom. The molecule has 7 nitrogen and oxygen atoms in total. The number of imidazole rings is 2. The van der Waals surface area contributed by atoms with Crippen LogP contribution in [0.15, 0.2) is 36.0 Å². The highest BCUT2D eigenvalue weighted by atomic mass is 32.2. The molecule has 2 aromatic heterocycles. The zero-order valence-corrected chi connectivity index (χ0v) is 14.7. The summed E-state index contributed by atoms with van der Waals surface area (Å²) in [6.45, 7) is 4.54. The lowest BCUT2D eigenvalue weighted by molar-refractivity contribution is 0.132. The summed E-state index contributed by atoms with van der Waals surface area (Å²) in [5.74, 6) is 0. The topological polar surface area (TPSA) is 90.0 Å². The van der Waals surface area contributed by atoms with Gasteiger partial charge in [0.25, 0.3) is 0 Å². The van der Waals surface area contributed by atoms with Gasteiger partial charge in [0, 0.05) is 18.6 Å².